The summed E-state index contributed by atoms with van der Waals surface area (Å²) in [7, 11) is 2.06. The van der Waals surface area contributed by atoms with Gasteiger partial charge in [0.15, 0.2) is 5.78 Å². The zero-order valence-electron chi connectivity index (χ0n) is 12.9. The number of hydrogen-bond donors (Lipinski definition) is 1. The monoisotopic (exact) mass is 293 g/mol. The summed E-state index contributed by atoms with van der Waals surface area (Å²) in [5.41, 5.74) is 5.35. The van der Waals surface area contributed by atoms with Gasteiger partial charge in [-0.2, -0.15) is 0 Å². The number of Topliss-reactive ketones (excluding diaryl/α,β-unsaturated/α-hetero) is 1. The van der Waals surface area contributed by atoms with Gasteiger partial charge in [-0.3, -0.25) is 4.79 Å². The predicted molar refractivity (Wildman–Crippen MR) is 86.1 cm³/mol. The molecule has 0 radical (unpaired) electrons. The zero-order chi connectivity index (χ0) is 15.3. The maximum atomic E-state index is 13.0. The quantitative estimate of drug-likeness (QED) is 0.789. The van der Waals surface area contributed by atoms with E-state index in [1.165, 1.54) is 5.69 Å². The Morgan fingerprint density at radius 3 is 2.95 bits per heavy atom. The van der Waals surface area contributed by atoms with Gasteiger partial charge in [-0.25, -0.2) is 4.98 Å². The maximum absolute atomic E-state index is 13.0. The second-order valence-corrected chi connectivity index (χ2v) is 6.18. The number of ketones is 1. The number of para-hydroxylation sites is 1. The summed E-state index contributed by atoms with van der Waals surface area (Å²) < 4.78 is 2.18. The number of hydrogen-bond acceptors (Lipinski definition) is 2. The fraction of sp³-hybridized carbons (Fsp3) is 0.333. The topological polar surface area (TPSA) is 50.7 Å². The minimum atomic E-state index is 0.0420. The van der Waals surface area contributed by atoms with Gasteiger partial charge in [-0.15, -0.1) is 0 Å². The lowest BCUT2D eigenvalue weighted by Crippen LogP contribution is -2.25. The first kappa shape index (κ1) is 13.3. The van der Waals surface area contributed by atoms with E-state index in [-0.39, 0.29) is 11.7 Å². The molecule has 3 aromatic rings. The fourth-order valence-electron chi connectivity index (χ4n) is 3.68. The van der Waals surface area contributed by atoms with Crippen LogP contribution in [0, 0.1) is 12.8 Å². The van der Waals surface area contributed by atoms with Crippen LogP contribution in [0.15, 0.2) is 30.6 Å². The molecule has 0 aliphatic heterocycles. The summed E-state index contributed by atoms with van der Waals surface area (Å²) in [4.78, 5) is 20.5. The number of aromatic amines is 1. The highest BCUT2D eigenvalue weighted by Crippen LogP contribution is 2.34. The third-order valence-corrected chi connectivity index (χ3v) is 4.95. The highest BCUT2D eigenvalue weighted by molar-refractivity contribution is 6.11. The standard InChI is InChI=1S/C18H19N3O/c1-11-14(20-10-19-11)9-12-7-8-16-17(18(12)22)13-5-3-4-6-15(13)21(16)2/h3-6,10,12H,7-9H2,1-2H3,(H,19,20)/t12-/m1/s1. The Labute approximate surface area is 129 Å². The van der Waals surface area contributed by atoms with Crippen LogP contribution in [-0.4, -0.2) is 20.3 Å². The average Bonchev–Trinajstić information content (AvgIpc) is 3.05. The number of carbonyl (C=O) groups excluding carboxylic acids is 1. The van der Waals surface area contributed by atoms with Crippen LogP contribution >= 0.6 is 0 Å². The number of nitrogens with one attached hydrogen (secondary N) is 1. The Morgan fingerprint density at radius 2 is 2.18 bits per heavy atom. The summed E-state index contributed by atoms with van der Waals surface area (Å²) >= 11 is 0. The van der Waals surface area contributed by atoms with Crippen LogP contribution in [0.4, 0.5) is 0 Å². The molecule has 1 aliphatic rings. The Morgan fingerprint density at radius 1 is 1.36 bits per heavy atom. The number of benzene rings is 1. The van der Waals surface area contributed by atoms with Gasteiger partial charge >= 0.3 is 0 Å². The molecule has 0 unspecified atom stereocenters. The number of rotatable bonds is 2. The number of fused-ring (bicyclic) bond motifs is 3. The van der Waals surface area contributed by atoms with E-state index in [1.807, 2.05) is 19.1 Å². The van der Waals surface area contributed by atoms with Crippen LogP contribution in [0.2, 0.25) is 0 Å². The Hall–Kier alpha value is -2.36. The fourth-order valence-corrected chi connectivity index (χ4v) is 3.68. The van der Waals surface area contributed by atoms with Crippen molar-refractivity contribution in [2.24, 2.45) is 13.0 Å². The Balaban J connectivity index is 1.77. The van der Waals surface area contributed by atoms with E-state index in [2.05, 4.69) is 33.7 Å². The second-order valence-electron chi connectivity index (χ2n) is 6.18. The third kappa shape index (κ3) is 1.83. The van der Waals surface area contributed by atoms with Crippen molar-refractivity contribution in [1.82, 2.24) is 14.5 Å². The van der Waals surface area contributed by atoms with Crippen LogP contribution in [0.3, 0.4) is 0 Å². The lowest BCUT2D eigenvalue weighted by atomic mass is 9.82. The molecule has 0 spiro atoms. The molecule has 2 heterocycles. The molecule has 0 saturated carbocycles. The summed E-state index contributed by atoms with van der Waals surface area (Å²) in [5, 5.41) is 1.09. The van der Waals surface area contributed by atoms with Gasteiger partial charge < -0.3 is 9.55 Å². The molecule has 0 fully saturated rings. The molecule has 1 aliphatic carbocycles. The number of H-pyrrole nitrogens is 1. The molecule has 1 N–H and O–H groups in total. The van der Waals surface area contributed by atoms with Crippen LogP contribution in [0.5, 0.6) is 0 Å². The van der Waals surface area contributed by atoms with Crippen molar-refractivity contribution in [3.8, 4) is 0 Å². The average molecular weight is 293 g/mol. The van der Waals surface area contributed by atoms with Gasteiger partial charge in [0.05, 0.1) is 12.0 Å². The van der Waals surface area contributed by atoms with E-state index in [0.717, 1.165) is 47.1 Å². The van der Waals surface area contributed by atoms with Crippen LogP contribution < -0.4 is 0 Å². The van der Waals surface area contributed by atoms with Crippen molar-refractivity contribution in [3.63, 3.8) is 0 Å². The smallest absolute Gasteiger partial charge is 0.168 e. The SMILES string of the molecule is Cc1[nH]cnc1C[C@H]1CCc2c(c3ccccc3n2C)C1=O. The van der Waals surface area contributed by atoms with E-state index in [4.69, 9.17) is 0 Å². The number of carbonyl (C=O) groups is 1. The van der Waals surface area contributed by atoms with E-state index < -0.39 is 0 Å². The van der Waals surface area contributed by atoms with Crippen LogP contribution in [0.1, 0.15) is 33.9 Å². The van der Waals surface area contributed by atoms with E-state index in [0.29, 0.717) is 0 Å². The molecular weight excluding hydrogens is 274 g/mol. The Kier molecular flexibility index (Phi) is 2.93. The maximum Gasteiger partial charge on any atom is 0.168 e. The van der Waals surface area contributed by atoms with Gasteiger partial charge in [0, 0.05) is 47.2 Å². The van der Waals surface area contributed by atoms with Crippen molar-refractivity contribution in [1.29, 1.82) is 0 Å². The molecule has 0 saturated heterocycles. The second kappa shape index (κ2) is 4.83. The van der Waals surface area contributed by atoms with Crippen molar-refractivity contribution < 1.29 is 4.79 Å². The largest absolute Gasteiger partial charge is 0.348 e. The minimum Gasteiger partial charge on any atom is -0.348 e. The molecule has 22 heavy (non-hydrogen) atoms. The van der Waals surface area contributed by atoms with Crippen molar-refractivity contribution in [2.45, 2.75) is 26.2 Å². The minimum absolute atomic E-state index is 0.0420. The molecule has 1 aromatic carbocycles. The molecular formula is C18H19N3O. The molecule has 4 nitrogen and oxygen atoms in total. The number of aryl methyl sites for hydroxylation is 2. The number of aromatic nitrogens is 3. The normalized spacial score (nSPS) is 17.9. The molecule has 0 bridgehead atoms. The van der Waals surface area contributed by atoms with E-state index in [1.54, 1.807) is 6.33 Å². The van der Waals surface area contributed by atoms with Crippen molar-refractivity contribution in [2.75, 3.05) is 0 Å². The van der Waals surface area contributed by atoms with Gasteiger partial charge in [-0.05, 0) is 25.8 Å². The highest BCUT2D eigenvalue weighted by atomic mass is 16.1. The Bertz CT molecular complexity index is 872. The summed E-state index contributed by atoms with van der Waals surface area (Å²) in [6.45, 7) is 2.01. The molecule has 4 heteroatoms. The lowest BCUT2D eigenvalue weighted by Gasteiger charge is -2.21. The number of nitrogens with zero attached hydrogens (tertiary/aromatic N) is 2. The number of imidazole rings is 1. The highest BCUT2D eigenvalue weighted by Gasteiger charge is 2.32. The van der Waals surface area contributed by atoms with Crippen molar-refractivity contribution in [3.05, 3.63) is 53.2 Å². The molecule has 112 valence electrons. The first-order valence-electron chi connectivity index (χ1n) is 7.76. The summed E-state index contributed by atoms with van der Waals surface area (Å²) in [5.74, 6) is 0.320. The zero-order valence-corrected chi connectivity index (χ0v) is 12.9. The summed E-state index contributed by atoms with van der Waals surface area (Å²) in [6, 6.07) is 8.20. The lowest BCUT2D eigenvalue weighted by molar-refractivity contribution is 0.0901. The molecule has 4 rings (SSSR count). The van der Waals surface area contributed by atoms with Gasteiger partial charge in [0.1, 0.15) is 0 Å². The van der Waals surface area contributed by atoms with Crippen molar-refractivity contribution >= 4 is 16.7 Å². The van der Waals surface area contributed by atoms with Gasteiger partial charge in [-0.1, -0.05) is 18.2 Å². The predicted octanol–water partition coefficient (Wildman–Crippen LogP) is 3.20. The first-order chi connectivity index (χ1) is 10.7. The molecule has 0 amide bonds. The van der Waals surface area contributed by atoms with E-state index in [9.17, 15) is 4.79 Å². The summed E-state index contributed by atoms with van der Waals surface area (Å²) in [6.07, 6.45) is 4.31. The van der Waals surface area contributed by atoms with E-state index >= 15 is 0 Å². The molecule has 1 atom stereocenters. The molecule has 2 aromatic heterocycles. The first-order valence-corrected chi connectivity index (χ1v) is 7.76. The van der Waals surface area contributed by atoms with Gasteiger partial charge in [0.2, 0.25) is 0 Å². The van der Waals surface area contributed by atoms with Gasteiger partial charge in [0.25, 0.3) is 0 Å². The van der Waals surface area contributed by atoms with Crippen LogP contribution in [-0.2, 0) is 19.9 Å². The van der Waals surface area contributed by atoms with Crippen LogP contribution in [0.25, 0.3) is 10.9 Å². The third-order valence-electron chi connectivity index (χ3n) is 4.95.